The summed E-state index contributed by atoms with van der Waals surface area (Å²) in [5, 5.41) is 0. The molecular weight excluding hydrogens is 242 g/mol. The largest absolute Gasteiger partial charge is 0.428 e. The number of amides is 1. The van der Waals surface area contributed by atoms with Crippen molar-refractivity contribution in [2.24, 2.45) is 5.73 Å². The van der Waals surface area contributed by atoms with Crippen LogP contribution in [0.1, 0.15) is 21.5 Å². The first-order valence-electron chi connectivity index (χ1n) is 5.78. The van der Waals surface area contributed by atoms with Gasteiger partial charge in [-0.05, 0) is 11.6 Å². The average Bonchev–Trinajstić information content (AvgIpc) is 2.42. The molecule has 2 rings (SSSR count). The quantitative estimate of drug-likeness (QED) is 0.830. The van der Waals surface area contributed by atoms with Gasteiger partial charge in [-0.2, -0.15) is 0 Å². The van der Waals surface area contributed by atoms with Crippen molar-refractivity contribution in [3.05, 3.63) is 65.2 Å². The van der Waals surface area contributed by atoms with Gasteiger partial charge in [-0.15, -0.1) is 0 Å². The van der Waals surface area contributed by atoms with Crippen LogP contribution in [-0.4, -0.2) is 12.4 Å². The Bertz CT molecular complexity index is 594. The molecule has 2 aromatic rings. The molecule has 0 aliphatic carbocycles. The fourth-order valence-corrected chi connectivity index (χ4v) is 1.92. The van der Waals surface area contributed by atoms with Crippen molar-refractivity contribution in [2.45, 2.75) is 6.42 Å². The van der Waals surface area contributed by atoms with Gasteiger partial charge in [-0.3, -0.25) is 9.59 Å². The number of hydrogen-bond acceptors (Lipinski definition) is 3. The van der Waals surface area contributed by atoms with Crippen molar-refractivity contribution in [2.75, 3.05) is 0 Å². The Morgan fingerprint density at radius 1 is 1.11 bits per heavy atom. The van der Waals surface area contributed by atoms with E-state index in [4.69, 9.17) is 10.5 Å². The van der Waals surface area contributed by atoms with E-state index in [0.29, 0.717) is 12.9 Å². The lowest BCUT2D eigenvalue weighted by molar-refractivity contribution is -0.120. The van der Waals surface area contributed by atoms with Crippen LogP contribution in [0, 0.1) is 0 Å². The first-order valence-corrected chi connectivity index (χ1v) is 5.78. The molecule has 4 heteroatoms. The molecule has 2 N–H and O–H groups in total. The van der Waals surface area contributed by atoms with Gasteiger partial charge < -0.3 is 10.5 Å². The maximum atomic E-state index is 11.3. The van der Waals surface area contributed by atoms with Crippen LogP contribution >= 0.6 is 0 Å². The number of ether oxygens (including phenoxy) is 1. The molecular formula is C15H13NO3. The molecule has 96 valence electrons. The van der Waals surface area contributed by atoms with Gasteiger partial charge >= 0.3 is 0 Å². The molecule has 0 spiro atoms. The number of hydrogen-bond donors (Lipinski definition) is 1. The number of nitrogens with two attached hydrogens (primary N) is 1. The second-order valence-corrected chi connectivity index (χ2v) is 4.03. The predicted octanol–water partition coefficient (Wildman–Crippen LogP) is 1.91. The van der Waals surface area contributed by atoms with E-state index < -0.39 is 5.91 Å². The van der Waals surface area contributed by atoms with Gasteiger partial charge in [0.05, 0.1) is 5.56 Å². The van der Waals surface area contributed by atoms with E-state index in [0.717, 1.165) is 11.1 Å². The average molecular weight is 255 g/mol. The number of carbonyl (C=O) groups excluding carboxylic acids is 2. The molecule has 0 fully saturated rings. The molecule has 0 unspecified atom stereocenters. The predicted molar refractivity (Wildman–Crippen MR) is 70.9 cm³/mol. The van der Waals surface area contributed by atoms with E-state index in [1.807, 2.05) is 30.3 Å². The summed E-state index contributed by atoms with van der Waals surface area (Å²) >= 11 is 0. The normalized spacial score (nSPS) is 9.89. The minimum atomic E-state index is -0.619. The molecule has 0 heterocycles. The molecule has 4 nitrogen and oxygen atoms in total. The number of para-hydroxylation sites is 1. The molecule has 2 aromatic carbocycles. The van der Waals surface area contributed by atoms with Gasteiger partial charge in [0.15, 0.2) is 0 Å². The van der Waals surface area contributed by atoms with Gasteiger partial charge in [0.2, 0.25) is 0 Å². The minimum Gasteiger partial charge on any atom is -0.428 e. The van der Waals surface area contributed by atoms with Crippen molar-refractivity contribution in [3.8, 4) is 5.75 Å². The van der Waals surface area contributed by atoms with Crippen molar-refractivity contribution in [1.29, 1.82) is 0 Å². The molecule has 1 amide bonds. The van der Waals surface area contributed by atoms with Gasteiger partial charge in [-0.1, -0.05) is 42.5 Å². The Morgan fingerprint density at radius 3 is 2.47 bits per heavy atom. The third-order valence-corrected chi connectivity index (χ3v) is 2.77. The number of benzene rings is 2. The Kier molecular flexibility index (Phi) is 3.93. The van der Waals surface area contributed by atoms with Crippen molar-refractivity contribution in [3.63, 3.8) is 0 Å². The molecule has 0 aliphatic heterocycles. The smallest absolute Gasteiger partial charge is 0.298 e. The van der Waals surface area contributed by atoms with Crippen molar-refractivity contribution in [1.82, 2.24) is 0 Å². The summed E-state index contributed by atoms with van der Waals surface area (Å²) in [6.07, 6.45) is 0.561. The Morgan fingerprint density at radius 2 is 1.84 bits per heavy atom. The zero-order chi connectivity index (χ0) is 13.7. The molecule has 0 aromatic heterocycles. The Hall–Kier alpha value is -2.62. The zero-order valence-corrected chi connectivity index (χ0v) is 10.2. The summed E-state index contributed by atoms with van der Waals surface area (Å²) in [5.74, 6) is -0.388. The summed E-state index contributed by atoms with van der Waals surface area (Å²) in [6, 6.07) is 14.8. The van der Waals surface area contributed by atoms with E-state index in [1.54, 1.807) is 12.1 Å². The molecule has 0 atom stereocenters. The number of rotatable bonds is 5. The lowest BCUT2D eigenvalue weighted by Crippen LogP contribution is -2.14. The highest BCUT2D eigenvalue weighted by Crippen LogP contribution is 2.25. The van der Waals surface area contributed by atoms with Crippen LogP contribution in [0.3, 0.4) is 0 Å². The maximum absolute atomic E-state index is 11.3. The third kappa shape index (κ3) is 2.98. The maximum Gasteiger partial charge on any atom is 0.298 e. The van der Waals surface area contributed by atoms with Crippen LogP contribution in [0.4, 0.5) is 0 Å². The molecule has 0 bridgehead atoms. The first kappa shape index (κ1) is 12.8. The topological polar surface area (TPSA) is 69.4 Å². The van der Waals surface area contributed by atoms with E-state index in [1.165, 1.54) is 6.07 Å². The highest BCUT2D eigenvalue weighted by Gasteiger charge is 2.14. The summed E-state index contributed by atoms with van der Waals surface area (Å²) < 4.78 is 4.92. The van der Waals surface area contributed by atoms with Gasteiger partial charge in [-0.25, -0.2) is 0 Å². The summed E-state index contributed by atoms with van der Waals surface area (Å²) in [7, 11) is 0. The fourth-order valence-electron chi connectivity index (χ4n) is 1.92. The van der Waals surface area contributed by atoms with E-state index in [2.05, 4.69) is 0 Å². The zero-order valence-electron chi connectivity index (χ0n) is 10.2. The highest BCUT2D eigenvalue weighted by molar-refractivity contribution is 5.96. The van der Waals surface area contributed by atoms with Crippen molar-refractivity contribution < 1.29 is 14.3 Å². The van der Waals surface area contributed by atoms with Crippen LogP contribution in [-0.2, 0) is 11.2 Å². The van der Waals surface area contributed by atoms with E-state index in [-0.39, 0.29) is 11.3 Å². The second-order valence-electron chi connectivity index (χ2n) is 4.03. The van der Waals surface area contributed by atoms with Gasteiger partial charge in [0.1, 0.15) is 5.75 Å². The minimum absolute atomic E-state index is 0.209. The molecule has 0 saturated heterocycles. The van der Waals surface area contributed by atoms with Crippen molar-refractivity contribution >= 4 is 12.4 Å². The standard InChI is InChI=1S/C15H13NO3/c16-15(18)13-8-4-7-12(14(13)19-10-17)9-11-5-2-1-3-6-11/h1-8,10H,9H2,(H2,16,18). The van der Waals surface area contributed by atoms with Crippen LogP contribution in [0.15, 0.2) is 48.5 Å². The first-order chi connectivity index (χ1) is 9.22. The Labute approximate surface area is 110 Å². The lowest BCUT2D eigenvalue weighted by atomic mass is 10.0. The lowest BCUT2D eigenvalue weighted by Gasteiger charge is -2.10. The summed E-state index contributed by atoms with van der Waals surface area (Å²) in [6.45, 7) is 0.302. The van der Waals surface area contributed by atoms with Crippen LogP contribution < -0.4 is 10.5 Å². The van der Waals surface area contributed by atoms with Crippen LogP contribution in [0.5, 0.6) is 5.75 Å². The van der Waals surface area contributed by atoms with E-state index >= 15 is 0 Å². The van der Waals surface area contributed by atoms with Crippen LogP contribution in [0.2, 0.25) is 0 Å². The monoisotopic (exact) mass is 255 g/mol. The number of primary amides is 1. The second kappa shape index (κ2) is 5.82. The fraction of sp³-hybridized carbons (Fsp3) is 0.0667. The number of carbonyl (C=O) groups is 2. The van der Waals surface area contributed by atoms with Gasteiger partial charge in [0, 0.05) is 12.0 Å². The molecule has 0 radical (unpaired) electrons. The molecule has 0 saturated carbocycles. The summed E-state index contributed by atoms with van der Waals surface area (Å²) in [4.78, 5) is 21.9. The van der Waals surface area contributed by atoms with E-state index in [9.17, 15) is 9.59 Å². The highest BCUT2D eigenvalue weighted by atomic mass is 16.5. The molecule has 19 heavy (non-hydrogen) atoms. The molecule has 0 aliphatic rings. The summed E-state index contributed by atoms with van der Waals surface area (Å²) in [5.41, 5.74) is 7.28. The van der Waals surface area contributed by atoms with Crippen LogP contribution in [0.25, 0.3) is 0 Å². The third-order valence-electron chi connectivity index (χ3n) is 2.77. The SMILES string of the molecule is NC(=O)c1cccc(Cc2ccccc2)c1OC=O. The van der Waals surface area contributed by atoms with Gasteiger partial charge in [0.25, 0.3) is 12.4 Å². The Balaban J connectivity index is 2.42.